The minimum atomic E-state index is -4.78. The van der Waals surface area contributed by atoms with Crippen molar-refractivity contribution in [1.29, 1.82) is 0 Å². The van der Waals surface area contributed by atoms with Crippen molar-refractivity contribution < 1.29 is 36.6 Å². The topological polar surface area (TPSA) is 91.6 Å². The van der Waals surface area contributed by atoms with Crippen LogP contribution in [0.1, 0.15) is 96.8 Å². The number of aromatic nitrogens is 1. The van der Waals surface area contributed by atoms with E-state index in [1.165, 1.54) is 25.1 Å². The zero-order valence-electron chi connectivity index (χ0n) is 27.8. The summed E-state index contributed by atoms with van der Waals surface area (Å²) in [6.07, 6.45) is 0.660. The Bertz CT molecular complexity index is 1770. The minimum Gasteiger partial charge on any atom is -0.481 e. The van der Waals surface area contributed by atoms with E-state index in [2.05, 4.69) is 5.32 Å². The van der Waals surface area contributed by atoms with Crippen molar-refractivity contribution in [3.8, 4) is 11.1 Å². The second-order valence-corrected chi connectivity index (χ2v) is 13.3. The van der Waals surface area contributed by atoms with E-state index >= 15 is 4.39 Å². The van der Waals surface area contributed by atoms with Gasteiger partial charge in [-0.1, -0.05) is 25.7 Å². The van der Waals surface area contributed by atoms with Crippen molar-refractivity contribution in [3.63, 3.8) is 0 Å². The summed E-state index contributed by atoms with van der Waals surface area (Å²) in [5.74, 6) is -3.24. The number of fused-ring (bicyclic) bond motifs is 4. The molecule has 0 spiro atoms. The fourth-order valence-corrected chi connectivity index (χ4v) is 7.06. The molecule has 2 bridgehead atoms. The third kappa shape index (κ3) is 8.57. The molecule has 1 saturated heterocycles. The van der Waals surface area contributed by atoms with Gasteiger partial charge in [0.25, 0.3) is 5.56 Å². The van der Waals surface area contributed by atoms with E-state index in [1.54, 1.807) is 13.0 Å². The van der Waals surface area contributed by atoms with Crippen LogP contribution in [-0.2, 0) is 28.6 Å². The van der Waals surface area contributed by atoms with Gasteiger partial charge in [-0.15, -0.1) is 0 Å². The number of amides is 1. The highest BCUT2D eigenvalue weighted by Crippen LogP contribution is 2.36. The van der Waals surface area contributed by atoms with E-state index in [9.17, 15) is 37.1 Å². The average molecular weight is 688 g/mol. The number of nitrogens with one attached hydrogen (secondary N) is 1. The lowest BCUT2D eigenvalue weighted by Crippen LogP contribution is -2.41. The van der Waals surface area contributed by atoms with Gasteiger partial charge in [-0.3, -0.25) is 14.4 Å². The second-order valence-electron chi connectivity index (χ2n) is 13.3. The number of hydrogen-bond acceptors (Lipinski definition) is 4. The number of likely N-dealkylation sites (tertiary alicyclic amines) is 1. The standard InChI is InChI=1S/C37H42F5N3O4/c1-22-16-27(38)17-24-9-6-4-3-5-7-10-31(45-21-25(11-14-44-12-8-13-44)29(19-32(45)46)37(40,41)42)36(49)43-30(20-33(47)48)28-18-26(34(22)24)15-23(2)35(28)39/h15-19,21,30-31H,3-14,20H2,1-2H3,(H,43,49)(H,47,48)/t30-,31-/m0/s1. The van der Waals surface area contributed by atoms with Crippen molar-refractivity contribution in [2.75, 3.05) is 19.6 Å². The molecule has 2 aliphatic rings. The molecule has 0 saturated carbocycles. The number of rotatable bonds is 6. The van der Waals surface area contributed by atoms with Crippen LogP contribution in [0.5, 0.6) is 0 Å². The van der Waals surface area contributed by atoms with Crippen LogP contribution in [-0.4, -0.2) is 46.1 Å². The molecule has 49 heavy (non-hydrogen) atoms. The average Bonchev–Trinajstić information content (AvgIpc) is 2.98. The fourth-order valence-electron chi connectivity index (χ4n) is 7.06. The summed E-state index contributed by atoms with van der Waals surface area (Å²) < 4.78 is 73.7. The lowest BCUT2D eigenvalue weighted by molar-refractivity contribution is -0.139. The third-order valence-electron chi connectivity index (χ3n) is 9.70. The van der Waals surface area contributed by atoms with Gasteiger partial charge in [0, 0.05) is 24.4 Å². The minimum absolute atomic E-state index is 0.0210. The van der Waals surface area contributed by atoms with Crippen LogP contribution < -0.4 is 10.9 Å². The zero-order chi connectivity index (χ0) is 35.5. The number of carbonyl (C=O) groups excluding carboxylic acids is 1. The van der Waals surface area contributed by atoms with Gasteiger partial charge >= 0.3 is 12.1 Å². The zero-order valence-corrected chi connectivity index (χ0v) is 27.8. The molecule has 2 aromatic carbocycles. The number of carbonyl (C=O) groups is 2. The lowest BCUT2D eigenvalue weighted by Gasteiger charge is -2.31. The molecule has 3 heterocycles. The normalized spacial score (nSPS) is 19.5. The first-order valence-electron chi connectivity index (χ1n) is 16.9. The number of benzene rings is 2. The Hall–Kier alpha value is -4.06. The van der Waals surface area contributed by atoms with Gasteiger partial charge in [-0.2, -0.15) is 13.2 Å². The van der Waals surface area contributed by atoms with Crippen LogP contribution in [0.15, 0.2) is 41.3 Å². The third-order valence-corrected chi connectivity index (χ3v) is 9.70. The number of halogens is 5. The fraction of sp³-hybridized carbons (Fsp3) is 0.486. The molecular formula is C37H42F5N3O4. The number of alkyl halides is 3. The molecule has 0 aliphatic carbocycles. The molecule has 2 atom stereocenters. The van der Waals surface area contributed by atoms with Gasteiger partial charge in [0.2, 0.25) is 5.91 Å². The van der Waals surface area contributed by atoms with E-state index in [0.29, 0.717) is 48.6 Å². The maximum atomic E-state index is 15.9. The van der Waals surface area contributed by atoms with E-state index in [-0.39, 0.29) is 29.5 Å². The largest absolute Gasteiger partial charge is 0.481 e. The number of aryl methyl sites for hydroxylation is 3. The van der Waals surface area contributed by atoms with Crippen LogP contribution in [0, 0.1) is 25.5 Å². The predicted octanol–water partition coefficient (Wildman–Crippen LogP) is 7.45. The molecule has 0 radical (unpaired) electrons. The Morgan fingerprint density at radius 2 is 1.65 bits per heavy atom. The highest BCUT2D eigenvalue weighted by Gasteiger charge is 2.36. The smallest absolute Gasteiger partial charge is 0.416 e. The molecule has 3 aromatic rings. The number of carboxylic acid groups (broad SMARTS) is 1. The van der Waals surface area contributed by atoms with Gasteiger partial charge in [-0.25, -0.2) is 8.78 Å². The molecule has 1 amide bonds. The summed E-state index contributed by atoms with van der Waals surface area (Å²) in [5, 5.41) is 12.5. The van der Waals surface area contributed by atoms with Crippen LogP contribution in [0.2, 0.25) is 0 Å². The molecule has 5 rings (SSSR count). The van der Waals surface area contributed by atoms with E-state index < -0.39 is 59.3 Å². The quantitative estimate of drug-likeness (QED) is 0.263. The molecule has 2 N–H and O–H groups in total. The predicted molar refractivity (Wildman–Crippen MR) is 175 cm³/mol. The summed E-state index contributed by atoms with van der Waals surface area (Å²) in [6.45, 7) is 5.18. The number of aliphatic carboxylic acids is 1. The summed E-state index contributed by atoms with van der Waals surface area (Å²) in [7, 11) is 0. The summed E-state index contributed by atoms with van der Waals surface area (Å²) >= 11 is 0. The van der Waals surface area contributed by atoms with Gasteiger partial charge in [0.1, 0.15) is 17.7 Å². The van der Waals surface area contributed by atoms with Crippen molar-refractivity contribution in [2.24, 2.45) is 0 Å². The van der Waals surface area contributed by atoms with Crippen LogP contribution in [0.4, 0.5) is 22.0 Å². The second kappa shape index (κ2) is 15.2. The van der Waals surface area contributed by atoms with Crippen molar-refractivity contribution >= 4 is 11.9 Å². The van der Waals surface area contributed by atoms with E-state index in [1.807, 2.05) is 4.90 Å². The highest BCUT2D eigenvalue weighted by atomic mass is 19.4. The lowest BCUT2D eigenvalue weighted by atomic mass is 9.88. The maximum Gasteiger partial charge on any atom is 0.416 e. The van der Waals surface area contributed by atoms with Crippen LogP contribution >= 0.6 is 0 Å². The van der Waals surface area contributed by atoms with Crippen LogP contribution in [0.25, 0.3) is 11.1 Å². The first kappa shape index (κ1) is 36.2. The Morgan fingerprint density at radius 3 is 2.33 bits per heavy atom. The van der Waals surface area contributed by atoms with E-state index in [0.717, 1.165) is 55.1 Å². The van der Waals surface area contributed by atoms with Gasteiger partial charge in [0.15, 0.2) is 0 Å². The first-order chi connectivity index (χ1) is 23.2. The van der Waals surface area contributed by atoms with Crippen molar-refractivity contribution in [2.45, 2.75) is 96.3 Å². The molecule has 7 nitrogen and oxygen atoms in total. The van der Waals surface area contributed by atoms with Crippen molar-refractivity contribution in [3.05, 3.63) is 91.9 Å². The Balaban J connectivity index is 1.60. The molecule has 264 valence electrons. The molecular weight excluding hydrogens is 645 g/mol. The Kier molecular flexibility index (Phi) is 11.3. The summed E-state index contributed by atoms with van der Waals surface area (Å²) in [5.41, 5.74) is 0.547. The molecule has 0 unspecified atom stereocenters. The van der Waals surface area contributed by atoms with E-state index in [4.69, 9.17) is 0 Å². The summed E-state index contributed by atoms with van der Waals surface area (Å²) in [4.78, 5) is 41.5. The first-order valence-corrected chi connectivity index (χ1v) is 16.9. The number of hydrogen-bond donors (Lipinski definition) is 2. The maximum absolute atomic E-state index is 15.9. The molecule has 1 aromatic heterocycles. The summed E-state index contributed by atoms with van der Waals surface area (Å²) in [6, 6.07) is 3.82. The Morgan fingerprint density at radius 1 is 0.939 bits per heavy atom. The van der Waals surface area contributed by atoms with Gasteiger partial charge < -0.3 is 19.9 Å². The highest BCUT2D eigenvalue weighted by molar-refractivity contribution is 5.82. The molecule has 12 heteroatoms. The van der Waals surface area contributed by atoms with Crippen molar-refractivity contribution in [1.82, 2.24) is 14.8 Å². The number of pyridine rings is 1. The molecule has 2 aliphatic heterocycles. The molecule has 1 fully saturated rings. The SMILES string of the molecule is Cc1cc2cc(c1F)[C@H](CC(=O)O)NC(=O)[C@@H](n1cc(CCN3CCC3)c(C(F)(F)F)cc1=O)CCCCCCCc1cc(F)cc(C)c1-2. The Labute approximate surface area is 282 Å². The number of nitrogens with zero attached hydrogens (tertiary/aromatic N) is 2. The van der Waals surface area contributed by atoms with Gasteiger partial charge in [-0.05, 0) is 117 Å². The van der Waals surface area contributed by atoms with Crippen LogP contribution in [0.3, 0.4) is 0 Å². The number of carboxylic acids is 1. The monoisotopic (exact) mass is 687 g/mol. The van der Waals surface area contributed by atoms with Gasteiger partial charge in [0.05, 0.1) is 18.0 Å².